The molecule has 0 spiro atoms. The fourth-order valence-electron chi connectivity index (χ4n) is 2.95. The van der Waals surface area contributed by atoms with Gasteiger partial charge in [0.15, 0.2) is 0 Å². The minimum absolute atomic E-state index is 0.528. The van der Waals surface area contributed by atoms with Crippen LogP contribution in [0.25, 0.3) is 0 Å². The zero-order valence-corrected chi connectivity index (χ0v) is 11.3. The Morgan fingerprint density at radius 1 is 1.24 bits per heavy atom. The van der Waals surface area contributed by atoms with Gasteiger partial charge < -0.3 is 15.0 Å². The van der Waals surface area contributed by atoms with E-state index in [9.17, 15) is 0 Å². The van der Waals surface area contributed by atoms with Crippen LogP contribution in [0.15, 0.2) is 0 Å². The molecular weight excluding hydrogens is 212 g/mol. The highest BCUT2D eigenvalue weighted by Gasteiger charge is 2.24. The Kier molecular flexibility index (Phi) is 5.75. The van der Waals surface area contributed by atoms with Crippen LogP contribution in [0.1, 0.15) is 39.0 Å². The molecule has 0 aromatic rings. The molecule has 100 valence electrons. The molecule has 2 aliphatic heterocycles. The van der Waals surface area contributed by atoms with Crippen LogP contribution < -0.4 is 5.32 Å². The van der Waals surface area contributed by atoms with Gasteiger partial charge in [0, 0.05) is 26.2 Å². The zero-order chi connectivity index (χ0) is 11.9. The molecule has 17 heavy (non-hydrogen) atoms. The van der Waals surface area contributed by atoms with E-state index in [0.717, 1.165) is 25.6 Å². The predicted octanol–water partition coefficient (Wildman–Crippen LogP) is 1.88. The molecule has 3 nitrogen and oxygen atoms in total. The van der Waals surface area contributed by atoms with E-state index in [1.165, 1.54) is 51.7 Å². The Bertz CT molecular complexity index is 198. The van der Waals surface area contributed by atoms with Crippen molar-refractivity contribution in [1.82, 2.24) is 10.2 Å². The Morgan fingerprint density at radius 2 is 2.00 bits per heavy atom. The molecule has 0 bridgehead atoms. The van der Waals surface area contributed by atoms with Gasteiger partial charge in [-0.2, -0.15) is 0 Å². The van der Waals surface area contributed by atoms with Gasteiger partial charge in [-0.3, -0.25) is 0 Å². The molecule has 2 heterocycles. The molecule has 1 N–H and O–H groups in total. The number of likely N-dealkylation sites (tertiary alicyclic amines) is 1. The third kappa shape index (κ3) is 4.57. The molecule has 0 atom stereocenters. The van der Waals surface area contributed by atoms with Crippen molar-refractivity contribution in [3.05, 3.63) is 0 Å². The van der Waals surface area contributed by atoms with Crippen LogP contribution in [0.3, 0.4) is 0 Å². The van der Waals surface area contributed by atoms with Gasteiger partial charge in [-0.25, -0.2) is 0 Å². The van der Waals surface area contributed by atoms with Crippen LogP contribution in [-0.2, 0) is 4.74 Å². The summed E-state index contributed by atoms with van der Waals surface area (Å²) >= 11 is 0. The number of nitrogens with one attached hydrogen (secondary N) is 1. The van der Waals surface area contributed by atoms with Crippen molar-refractivity contribution in [3.63, 3.8) is 0 Å². The number of ether oxygens (including phenoxy) is 1. The van der Waals surface area contributed by atoms with Gasteiger partial charge in [0.05, 0.1) is 6.10 Å². The smallest absolute Gasteiger partial charge is 0.0599 e. The number of nitrogens with zero attached hydrogens (tertiary/aromatic N) is 1. The average Bonchev–Trinajstić information content (AvgIpc) is 2.32. The van der Waals surface area contributed by atoms with Crippen molar-refractivity contribution in [2.75, 3.05) is 39.3 Å². The van der Waals surface area contributed by atoms with E-state index in [1.807, 2.05) is 0 Å². The lowest BCUT2D eigenvalue weighted by Gasteiger charge is -2.39. The minimum Gasteiger partial charge on any atom is -0.378 e. The second kappa shape index (κ2) is 7.34. The fraction of sp³-hybridized carbons (Fsp3) is 1.00. The summed E-state index contributed by atoms with van der Waals surface area (Å²) in [6.07, 6.45) is 6.90. The van der Waals surface area contributed by atoms with E-state index in [4.69, 9.17) is 4.74 Å². The first-order valence-corrected chi connectivity index (χ1v) is 7.43. The fourth-order valence-corrected chi connectivity index (χ4v) is 2.95. The maximum atomic E-state index is 5.91. The van der Waals surface area contributed by atoms with Crippen molar-refractivity contribution < 1.29 is 4.74 Å². The lowest BCUT2D eigenvalue weighted by atomic mass is 9.95. The molecule has 3 heteroatoms. The lowest BCUT2D eigenvalue weighted by molar-refractivity contribution is 0.0188. The van der Waals surface area contributed by atoms with Crippen LogP contribution in [0, 0.1) is 5.92 Å². The minimum atomic E-state index is 0.528. The van der Waals surface area contributed by atoms with E-state index >= 15 is 0 Å². The molecule has 2 rings (SSSR count). The van der Waals surface area contributed by atoms with Crippen molar-refractivity contribution in [2.45, 2.75) is 45.1 Å². The Balaban J connectivity index is 1.42. The number of hydrogen-bond donors (Lipinski definition) is 1. The van der Waals surface area contributed by atoms with Crippen molar-refractivity contribution >= 4 is 0 Å². The third-order valence-corrected chi connectivity index (χ3v) is 3.99. The molecule has 0 unspecified atom stereocenters. The Hall–Kier alpha value is -0.120. The van der Waals surface area contributed by atoms with Crippen LogP contribution in [-0.4, -0.2) is 50.3 Å². The quantitative estimate of drug-likeness (QED) is 0.688. The highest BCUT2D eigenvalue weighted by molar-refractivity contribution is 4.79. The maximum Gasteiger partial charge on any atom is 0.0599 e. The molecule has 0 saturated carbocycles. The van der Waals surface area contributed by atoms with Crippen molar-refractivity contribution in [1.29, 1.82) is 0 Å². The highest BCUT2D eigenvalue weighted by atomic mass is 16.5. The first-order valence-electron chi connectivity index (χ1n) is 7.43. The normalized spacial score (nSPS) is 23.8. The second-order valence-corrected chi connectivity index (χ2v) is 5.59. The van der Waals surface area contributed by atoms with Crippen molar-refractivity contribution in [3.8, 4) is 0 Å². The summed E-state index contributed by atoms with van der Waals surface area (Å²) in [5, 5.41) is 3.37. The molecule has 0 radical (unpaired) electrons. The van der Waals surface area contributed by atoms with Gasteiger partial charge in [0.25, 0.3) is 0 Å². The predicted molar refractivity (Wildman–Crippen MR) is 71.3 cm³/mol. The van der Waals surface area contributed by atoms with Gasteiger partial charge in [0.2, 0.25) is 0 Å². The summed E-state index contributed by atoms with van der Waals surface area (Å²) in [7, 11) is 0. The molecule has 0 aliphatic carbocycles. The topological polar surface area (TPSA) is 24.5 Å². The van der Waals surface area contributed by atoms with Crippen LogP contribution in [0.2, 0.25) is 0 Å². The first-order chi connectivity index (χ1) is 8.38. The van der Waals surface area contributed by atoms with E-state index in [1.54, 1.807) is 0 Å². The largest absolute Gasteiger partial charge is 0.378 e. The Morgan fingerprint density at radius 3 is 2.71 bits per heavy atom. The Labute approximate surface area is 106 Å². The van der Waals surface area contributed by atoms with E-state index in [0.29, 0.717) is 6.10 Å². The SMILES string of the molecule is CCCC1CN(CCCOC2CCNCC2)C1. The van der Waals surface area contributed by atoms with Crippen LogP contribution in [0.4, 0.5) is 0 Å². The summed E-state index contributed by atoms with van der Waals surface area (Å²) in [4.78, 5) is 2.58. The number of hydrogen-bond acceptors (Lipinski definition) is 3. The molecular formula is C14H28N2O. The first kappa shape index (κ1) is 13.3. The number of rotatable bonds is 7. The van der Waals surface area contributed by atoms with E-state index in [2.05, 4.69) is 17.1 Å². The van der Waals surface area contributed by atoms with E-state index < -0.39 is 0 Å². The molecule has 0 aromatic carbocycles. The molecule has 2 aliphatic rings. The summed E-state index contributed by atoms with van der Waals surface area (Å²) in [6.45, 7) is 9.42. The molecule has 2 saturated heterocycles. The van der Waals surface area contributed by atoms with Gasteiger partial charge >= 0.3 is 0 Å². The van der Waals surface area contributed by atoms with Crippen molar-refractivity contribution in [2.24, 2.45) is 5.92 Å². The van der Waals surface area contributed by atoms with E-state index in [-0.39, 0.29) is 0 Å². The maximum absolute atomic E-state index is 5.91. The standard InChI is InChI=1S/C14H28N2O/c1-2-4-13-11-16(12-13)9-3-10-17-14-5-7-15-8-6-14/h13-15H,2-12H2,1H3. The van der Waals surface area contributed by atoms with Gasteiger partial charge in [0.1, 0.15) is 0 Å². The zero-order valence-electron chi connectivity index (χ0n) is 11.3. The highest BCUT2D eigenvalue weighted by Crippen LogP contribution is 2.20. The summed E-state index contributed by atoms with van der Waals surface area (Å²) in [6, 6.07) is 0. The second-order valence-electron chi connectivity index (χ2n) is 5.59. The van der Waals surface area contributed by atoms with Crippen LogP contribution in [0.5, 0.6) is 0 Å². The number of piperidine rings is 1. The average molecular weight is 240 g/mol. The summed E-state index contributed by atoms with van der Waals surface area (Å²) < 4.78 is 5.91. The molecule has 0 amide bonds. The summed E-state index contributed by atoms with van der Waals surface area (Å²) in [5.74, 6) is 0.991. The lowest BCUT2D eigenvalue weighted by Crippen LogP contribution is -2.47. The monoisotopic (exact) mass is 240 g/mol. The third-order valence-electron chi connectivity index (χ3n) is 3.99. The van der Waals surface area contributed by atoms with Gasteiger partial charge in [-0.1, -0.05) is 13.3 Å². The summed E-state index contributed by atoms with van der Waals surface area (Å²) in [5.41, 5.74) is 0. The molecule has 0 aromatic heterocycles. The molecule has 2 fully saturated rings. The van der Waals surface area contributed by atoms with Gasteiger partial charge in [-0.15, -0.1) is 0 Å². The van der Waals surface area contributed by atoms with Gasteiger partial charge in [-0.05, 0) is 44.7 Å². The van der Waals surface area contributed by atoms with Crippen LogP contribution >= 0.6 is 0 Å².